The zero-order chi connectivity index (χ0) is 22.1. The summed E-state index contributed by atoms with van der Waals surface area (Å²) >= 11 is 7.94. The fourth-order valence-electron chi connectivity index (χ4n) is 3.61. The molecule has 0 amide bonds. The Balaban J connectivity index is 0.00000113. The number of benzene rings is 1. The lowest BCUT2D eigenvalue weighted by atomic mass is 9.88. The summed E-state index contributed by atoms with van der Waals surface area (Å²) in [5, 5.41) is 9.76. The molecule has 6 nitrogen and oxygen atoms in total. The number of carbonyl (C=O) groups excluding carboxylic acids is 1. The molecule has 167 valence electrons. The van der Waals surface area contributed by atoms with E-state index >= 15 is 0 Å². The summed E-state index contributed by atoms with van der Waals surface area (Å²) in [6.07, 6.45) is 11.0. The van der Waals surface area contributed by atoms with Crippen molar-refractivity contribution in [2.45, 2.75) is 51.4 Å². The zero-order valence-electron chi connectivity index (χ0n) is 18.3. The number of nitrogens with zero attached hydrogens (tertiary/aromatic N) is 2. The molecule has 1 saturated carbocycles. The summed E-state index contributed by atoms with van der Waals surface area (Å²) in [6, 6.07) is 5.11. The van der Waals surface area contributed by atoms with Gasteiger partial charge in [0.05, 0.1) is 18.7 Å². The molecule has 1 aromatic heterocycles. The van der Waals surface area contributed by atoms with E-state index in [1.165, 1.54) is 6.42 Å². The third-order valence-corrected chi connectivity index (χ3v) is 5.07. The maximum atomic E-state index is 12.2. The van der Waals surface area contributed by atoms with Crippen molar-refractivity contribution in [3.05, 3.63) is 46.5 Å². The van der Waals surface area contributed by atoms with E-state index in [0.717, 1.165) is 31.5 Å². The van der Waals surface area contributed by atoms with Crippen molar-refractivity contribution in [2.75, 3.05) is 19.1 Å². The second-order valence-electron chi connectivity index (χ2n) is 7.16. The van der Waals surface area contributed by atoms with Gasteiger partial charge in [0.2, 0.25) is 0 Å². The molecular formula is C22H29BClN2O4S. The number of rotatable bonds is 6. The minimum atomic E-state index is -0.927. The van der Waals surface area contributed by atoms with Crippen molar-refractivity contribution in [3.8, 4) is 5.69 Å². The summed E-state index contributed by atoms with van der Waals surface area (Å²) in [5.41, 5.74) is 1.50. The minimum absolute atomic E-state index is 0. The van der Waals surface area contributed by atoms with E-state index < -0.39 is 11.9 Å². The fraction of sp³-hybridized carbons (Fsp3) is 0.500. The number of ether oxygens (including phenoxy) is 1. The maximum Gasteiger partial charge on any atom is 0.358 e. The lowest BCUT2D eigenvalue weighted by Gasteiger charge is -2.23. The van der Waals surface area contributed by atoms with Crippen molar-refractivity contribution in [2.24, 2.45) is 0 Å². The number of hydrogen-bond acceptors (Lipinski definition) is 5. The van der Waals surface area contributed by atoms with Gasteiger partial charge < -0.3 is 14.4 Å². The smallest absolute Gasteiger partial charge is 0.358 e. The lowest BCUT2D eigenvalue weighted by molar-refractivity contribution is -0.136. The molecule has 1 N–H and O–H groups in total. The van der Waals surface area contributed by atoms with E-state index in [4.69, 9.17) is 16.3 Å². The van der Waals surface area contributed by atoms with E-state index in [1.54, 1.807) is 43.1 Å². The second kappa shape index (κ2) is 13.5. The molecule has 0 saturated heterocycles. The Labute approximate surface area is 195 Å². The number of thioether (sulfide) groups is 1. The van der Waals surface area contributed by atoms with Gasteiger partial charge in [-0.15, -0.1) is 0 Å². The fourth-order valence-corrected chi connectivity index (χ4v) is 3.78. The number of hydrogen-bond donors (Lipinski definition) is 1. The van der Waals surface area contributed by atoms with E-state index in [2.05, 4.69) is 4.98 Å². The number of aliphatic carboxylic acids is 1. The zero-order valence-corrected chi connectivity index (χ0v) is 19.8. The first-order valence-electron chi connectivity index (χ1n) is 10.1. The number of aromatic nitrogens is 2. The van der Waals surface area contributed by atoms with Crippen molar-refractivity contribution < 1.29 is 19.4 Å². The summed E-state index contributed by atoms with van der Waals surface area (Å²) in [4.78, 5) is 28.1. The Morgan fingerprint density at radius 3 is 2.48 bits per heavy atom. The van der Waals surface area contributed by atoms with Gasteiger partial charge in [-0.2, -0.15) is 11.8 Å². The first kappa shape index (κ1) is 27.1. The number of carboxylic acids is 1. The van der Waals surface area contributed by atoms with Crippen LogP contribution in [-0.2, 0) is 16.0 Å². The number of imidazole rings is 1. The van der Waals surface area contributed by atoms with Gasteiger partial charge >= 0.3 is 11.9 Å². The second-order valence-corrected chi connectivity index (χ2v) is 8.41. The lowest BCUT2D eigenvalue weighted by Crippen LogP contribution is -2.13. The number of carbonyl (C=O) groups is 2. The van der Waals surface area contributed by atoms with Crippen LogP contribution in [0, 0.1) is 0 Å². The normalized spacial score (nSPS) is 13.5. The molecule has 1 aromatic carbocycles. The average Bonchev–Trinajstić information content (AvgIpc) is 3.16. The predicted octanol–water partition coefficient (Wildman–Crippen LogP) is 4.98. The average molecular weight is 464 g/mol. The van der Waals surface area contributed by atoms with Gasteiger partial charge in [0.15, 0.2) is 5.69 Å². The standard InChI is InChI=1S/C20H23ClN2O4.C2H6S.B/c1-2-27-20(26)16-12-23(19(22-16)13-6-4-3-5-7-13)17-11-15(21)9-8-14(17)10-18(24)25;1-3-2;/h8-9,11-13H,2-7,10H2,1H3,(H,24,25);1-2H3;. The van der Waals surface area contributed by atoms with Crippen LogP contribution in [0.4, 0.5) is 0 Å². The van der Waals surface area contributed by atoms with Crippen molar-refractivity contribution in [1.29, 1.82) is 0 Å². The molecule has 2 aromatic rings. The van der Waals surface area contributed by atoms with Crippen LogP contribution in [0.3, 0.4) is 0 Å². The molecule has 1 aliphatic rings. The van der Waals surface area contributed by atoms with Gasteiger partial charge in [0.1, 0.15) is 5.82 Å². The first-order chi connectivity index (χ1) is 14.4. The minimum Gasteiger partial charge on any atom is -0.481 e. The van der Waals surface area contributed by atoms with Gasteiger partial charge in [0.25, 0.3) is 0 Å². The maximum absolute atomic E-state index is 12.2. The number of esters is 1. The Bertz CT molecular complexity index is 869. The van der Waals surface area contributed by atoms with Crippen LogP contribution < -0.4 is 0 Å². The highest BCUT2D eigenvalue weighted by molar-refractivity contribution is 7.97. The molecule has 0 bridgehead atoms. The summed E-state index contributed by atoms with van der Waals surface area (Å²) in [6.45, 7) is 2.02. The highest BCUT2D eigenvalue weighted by Gasteiger charge is 2.25. The molecule has 0 aliphatic heterocycles. The van der Waals surface area contributed by atoms with E-state index in [9.17, 15) is 14.7 Å². The van der Waals surface area contributed by atoms with Crippen molar-refractivity contribution >= 4 is 43.7 Å². The Kier molecular flexibility index (Phi) is 11.8. The summed E-state index contributed by atoms with van der Waals surface area (Å²) in [7, 11) is 0. The van der Waals surface area contributed by atoms with Gasteiger partial charge in [-0.3, -0.25) is 4.79 Å². The third-order valence-electron chi connectivity index (χ3n) is 4.84. The molecule has 31 heavy (non-hydrogen) atoms. The van der Waals surface area contributed by atoms with Gasteiger partial charge in [-0.05, 0) is 50.0 Å². The van der Waals surface area contributed by atoms with Gasteiger partial charge in [-0.1, -0.05) is 36.9 Å². The summed E-state index contributed by atoms with van der Waals surface area (Å²) < 4.78 is 6.93. The van der Waals surface area contributed by atoms with Crippen LogP contribution >= 0.6 is 23.4 Å². The van der Waals surface area contributed by atoms with Crippen molar-refractivity contribution in [3.63, 3.8) is 0 Å². The van der Waals surface area contributed by atoms with Crippen LogP contribution in [0.2, 0.25) is 5.02 Å². The van der Waals surface area contributed by atoms with Crippen LogP contribution in [0.15, 0.2) is 24.4 Å². The number of carboxylic acid groups (broad SMARTS) is 1. The van der Waals surface area contributed by atoms with Crippen molar-refractivity contribution in [1.82, 2.24) is 9.55 Å². The first-order valence-corrected chi connectivity index (χ1v) is 12.1. The Morgan fingerprint density at radius 2 is 1.90 bits per heavy atom. The molecule has 0 spiro atoms. The summed E-state index contributed by atoms with van der Waals surface area (Å²) in [5.74, 6) is -0.413. The molecule has 1 aliphatic carbocycles. The molecule has 3 radical (unpaired) electrons. The highest BCUT2D eigenvalue weighted by Crippen LogP contribution is 2.34. The van der Waals surface area contributed by atoms with Crippen LogP contribution in [-0.4, -0.2) is 54.1 Å². The third kappa shape index (κ3) is 7.61. The monoisotopic (exact) mass is 463 g/mol. The highest BCUT2D eigenvalue weighted by atomic mass is 35.5. The largest absolute Gasteiger partial charge is 0.481 e. The molecule has 0 unspecified atom stereocenters. The molecule has 0 atom stereocenters. The van der Waals surface area contributed by atoms with Crippen LogP contribution in [0.1, 0.15) is 66.8 Å². The molecule has 3 rings (SSSR count). The van der Waals surface area contributed by atoms with Crippen LogP contribution in [0.25, 0.3) is 5.69 Å². The molecule has 9 heteroatoms. The quantitative estimate of drug-likeness (QED) is 0.481. The van der Waals surface area contributed by atoms with Gasteiger partial charge in [0, 0.05) is 25.6 Å². The van der Waals surface area contributed by atoms with Crippen LogP contribution in [0.5, 0.6) is 0 Å². The topological polar surface area (TPSA) is 81.4 Å². The van der Waals surface area contributed by atoms with E-state index in [-0.39, 0.29) is 33.1 Å². The molecule has 1 heterocycles. The molecule has 1 fully saturated rings. The SMILES string of the molecule is CCOC(=O)c1cn(-c2cc(Cl)ccc2CC(=O)O)c(C2CCCCC2)n1.CSC.[B]. The number of halogens is 1. The van der Waals surface area contributed by atoms with E-state index in [0.29, 0.717) is 16.3 Å². The Hall–Kier alpha value is -1.93. The predicted molar refractivity (Wildman–Crippen MR) is 127 cm³/mol. The molecular weight excluding hydrogens is 435 g/mol. The van der Waals surface area contributed by atoms with Gasteiger partial charge in [-0.25, -0.2) is 9.78 Å². The Morgan fingerprint density at radius 1 is 1.26 bits per heavy atom. The van der Waals surface area contributed by atoms with E-state index in [1.807, 2.05) is 17.1 Å².